The van der Waals surface area contributed by atoms with Gasteiger partial charge in [0.05, 0.1) is 13.2 Å². The summed E-state index contributed by atoms with van der Waals surface area (Å²) in [5.74, 6) is -0.812. The number of ether oxygens (including phenoxy) is 3. The molecule has 7 heteroatoms. The first-order valence-corrected chi connectivity index (χ1v) is 8.50. The van der Waals surface area contributed by atoms with Crippen LogP contribution in [0.5, 0.6) is 0 Å². The molecule has 0 unspecified atom stereocenters. The minimum atomic E-state index is -0.406. The van der Waals surface area contributed by atoms with Crippen LogP contribution in [0.4, 0.5) is 0 Å². The summed E-state index contributed by atoms with van der Waals surface area (Å²) in [6, 6.07) is 0. The van der Waals surface area contributed by atoms with Crippen molar-refractivity contribution in [3.05, 3.63) is 23.3 Å². The number of aliphatic hydroxyl groups excluding tert-OH is 2. The third-order valence-electron chi connectivity index (χ3n) is 3.19. The van der Waals surface area contributed by atoms with Crippen LogP contribution in [0.2, 0.25) is 0 Å². The monoisotopic (exact) mass is 358 g/mol. The summed E-state index contributed by atoms with van der Waals surface area (Å²) < 4.78 is 15.3. The number of allylic oxidation sites excluding steroid dienone is 2. The first-order valence-electron chi connectivity index (χ1n) is 8.50. The molecule has 0 amide bonds. The Balaban J connectivity index is 3.70. The van der Waals surface area contributed by atoms with Gasteiger partial charge in [-0.05, 0) is 39.5 Å². The van der Waals surface area contributed by atoms with Crippen LogP contribution in [-0.4, -0.2) is 61.8 Å². The highest BCUT2D eigenvalue weighted by Gasteiger charge is 2.06. The fourth-order valence-corrected chi connectivity index (χ4v) is 1.70. The summed E-state index contributed by atoms with van der Waals surface area (Å²) >= 11 is 0. The molecule has 0 spiro atoms. The van der Waals surface area contributed by atoms with Crippen molar-refractivity contribution in [3.63, 3.8) is 0 Å². The lowest BCUT2D eigenvalue weighted by molar-refractivity contribution is -0.142. The summed E-state index contributed by atoms with van der Waals surface area (Å²) in [6.45, 7) is 4.20. The van der Waals surface area contributed by atoms with Gasteiger partial charge >= 0.3 is 11.9 Å². The predicted octanol–water partition coefficient (Wildman–Crippen LogP) is 1.53. The quantitative estimate of drug-likeness (QED) is 0.276. The molecule has 0 fully saturated rings. The van der Waals surface area contributed by atoms with E-state index in [2.05, 4.69) is 0 Å². The standard InChI is InChI=1S/C18H30O7/c1-15(7-3-5-9-19)17(21)24-13-11-23-12-14-25-18(22)16(2)8-4-6-10-20/h7-8,19-20H,3-6,9-14H2,1-2H3. The highest BCUT2D eigenvalue weighted by molar-refractivity contribution is 5.88. The molecule has 7 nitrogen and oxygen atoms in total. The Bertz CT molecular complexity index is 401. The third-order valence-corrected chi connectivity index (χ3v) is 3.19. The molecule has 0 saturated carbocycles. The third kappa shape index (κ3) is 13.3. The molecule has 2 N–H and O–H groups in total. The summed E-state index contributed by atoms with van der Waals surface area (Å²) in [7, 11) is 0. The van der Waals surface area contributed by atoms with Gasteiger partial charge in [-0.25, -0.2) is 9.59 Å². The number of carbonyl (C=O) groups is 2. The summed E-state index contributed by atoms with van der Waals surface area (Å²) in [5.41, 5.74) is 1.01. The summed E-state index contributed by atoms with van der Waals surface area (Å²) in [6.07, 6.45) is 5.95. The first-order chi connectivity index (χ1) is 12.0. The Kier molecular flexibility index (Phi) is 14.7. The van der Waals surface area contributed by atoms with Crippen LogP contribution in [0.25, 0.3) is 0 Å². The Morgan fingerprint density at radius 2 is 1.16 bits per heavy atom. The van der Waals surface area contributed by atoms with Gasteiger partial charge in [0.25, 0.3) is 0 Å². The summed E-state index contributed by atoms with van der Waals surface area (Å²) in [5, 5.41) is 17.3. The van der Waals surface area contributed by atoms with Gasteiger partial charge in [-0.1, -0.05) is 12.2 Å². The van der Waals surface area contributed by atoms with Crippen molar-refractivity contribution in [2.24, 2.45) is 0 Å². The lowest BCUT2D eigenvalue weighted by atomic mass is 10.2. The van der Waals surface area contributed by atoms with E-state index in [9.17, 15) is 9.59 Å². The van der Waals surface area contributed by atoms with E-state index < -0.39 is 11.9 Å². The Morgan fingerprint density at radius 1 is 0.760 bits per heavy atom. The van der Waals surface area contributed by atoms with E-state index in [1.54, 1.807) is 26.0 Å². The Labute approximate surface area is 149 Å². The van der Waals surface area contributed by atoms with Gasteiger partial charge < -0.3 is 24.4 Å². The molecule has 0 heterocycles. The van der Waals surface area contributed by atoms with E-state index >= 15 is 0 Å². The molecule has 0 bridgehead atoms. The molecular formula is C18H30O7. The van der Waals surface area contributed by atoms with Crippen molar-refractivity contribution >= 4 is 11.9 Å². The zero-order valence-corrected chi connectivity index (χ0v) is 15.2. The van der Waals surface area contributed by atoms with Crippen molar-refractivity contribution in [1.29, 1.82) is 0 Å². The second-order valence-corrected chi connectivity index (χ2v) is 5.39. The second-order valence-electron chi connectivity index (χ2n) is 5.39. The van der Waals surface area contributed by atoms with Gasteiger partial charge in [0.15, 0.2) is 0 Å². The molecular weight excluding hydrogens is 328 g/mol. The molecule has 0 aromatic heterocycles. The number of hydrogen-bond acceptors (Lipinski definition) is 7. The molecule has 0 aliphatic rings. The fourth-order valence-electron chi connectivity index (χ4n) is 1.70. The smallest absolute Gasteiger partial charge is 0.333 e. The van der Waals surface area contributed by atoms with Gasteiger partial charge in [0, 0.05) is 24.4 Å². The maximum atomic E-state index is 11.6. The molecule has 0 aromatic rings. The zero-order chi connectivity index (χ0) is 18.9. The maximum absolute atomic E-state index is 11.6. The normalized spacial score (nSPS) is 12.2. The molecule has 0 aromatic carbocycles. The Morgan fingerprint density at radius 3 is 1.52 bits per heavy atom. The van der Waals surface area contributed by atoms with Gasteiger partial charge in [-0.15, -0.1) is 0 Å². The van der Waals surface area contributed by atoms with E-state index in [-0.39, 0.29) is 39.6 Å². The molecule has 144 valence electrons. The number of esters is 2. The van der Waals surface area contributed by atoms with Crippen LogP contribution in [-0.2, 0) is 23.8 Å². The number of unbranched alkanes of at least 4 members (excludes halogenated alkanes) is 2. The SMILES string of the molecule is CC(=CCCCO)C(=O)OCCOCCOC(=O)C(C)=CCCCO. The minimum absolute atomic E-state index is 0.0925. The first kappa shape index (κ1) is 23.3. The number of rotatable bonds is 14. The van der Waals surface area contributed by atoms with Crippen molar-refractivity contribution in [3.8, 4) is 0 Å². The van der Waals surface area contributed by atoms with E-state index in [4.69, 9.17) is 24.4 Å². The Hall–Kier alpha value is -1.70. The van der Waals surface area contributed by atoms with Gasteiger partial charge in [0.1, 0.15) is 13.2 Å². The molecule has 0 radical (unpaired) electrons. The van der Waals surface area contributed by atoms with E-state index in [0.29, 0.717) is 36.8 Å². The van der Waals surface area contributed by atoms with Crippen LogP contribution < -0.4 is 0 Å². The van der Waals surface area contributed by atoms with Crippen LogP contribution in [0.1, 0.15) is 39.5 Å². The highest BCUT2D eigenvalue weighted by atomic mass is 16.6. The van der Waals surface area contributed by atoms with Gasteiger partial charge in [0.2, 0.25) is 0 Å². The highest BCUT2D eigenvalue weighted by Crippen LogP contribution is 2.02. The molecule has 0 aliphatic carbocycles. The largest absolute Gasteiger partial charge is 0.460 e. The average Bonchev–Trinajstić information content (AvgIpc) is 2.60. The van der Waals surface area contributed by atoms with Crippen molar-refractivity contribution in [1.82, 2.24) is 0 Å². The number of hydrogen-bond donors (Lipinski definition) is 2. The minimum Gasteiger partial charge on any atom is -0.460 e. The van der Waals surface area contributed by atoms with Gasteiger partial charge in [-0.3, -0.25) is 0 Å². The molecule has 0 aliphatic heterocycles. The maximum Gasteiger partial charge on any atom is 0.333 e. The molecule has 0 atom stereocenters. The topological polar surface area (TPSA) is 102 Å². The predicted molar refractivity (Wildman–Crippen MR) is 92.9 cm³/mol. The van der Waals surface area contributed by atoms with Crippen LogP contribution >= 0.6 is 0 Å². The van der Waals surface area contributed by atoms with Crippen LogP contribution in [0, 0.1) is 0 Å². The van der Waals surface area contributed by atoms with Crippen molar-refractivity contribution in [2.75, 3.05) is 39.6 Å². The lowest BCUT2D eigenvalue weighted by Gasteiger charge is -2.07. The average molecular weight is 358 g/mol. The fraction of sp³-hybridized carbons (Fsp3) is 0.667. The molecule has 25 heavy (non-hydrogen) atoms. The molecule has 0 saturated heterocycles. The van der Waals surface area contributed by atoms with Gasteiger partial charge in [-0.2, -0.15) is 0 Å². The summed E-state index contributed by atoms with van der Waals surface area (Å²) in [4.78, 5) is 23.2. The number of carbonyl (C=O) groups excluding carboxylic acids is 2. The van der Waals surface area contributed by atoms with E-state index in [1.165, 1.54) is 0 Å². The van der Waals surface area contributed by atoms with Crippen molar-refractivity contribution < 1.29 is 34.0 Å². The zero-order valence-electron chi connectivity index (χ0n) is 15.2. The van der Waals surface area contributed by atoms with E-state index in [0.717, 1.165) is 0 Å². The van der Waals surface area contributed by atoms with E-state index in [1.807, 2.05) is 0 Å². The van der Waals surface area contributed by atoms with Crippen molar-refractivity contribution in [2.45, 2.75) is 39.5 Å². The van der Waals surface area contributed by atoms with Crippen LogP contribution in [0.3, 0.4) is 0 Å². The second kappa shape index (κ2) is 15.8. The molecule has 0 rings (SSSR count). The van der Waals surface area contributed by atoms with Crippen LogP contribution in [0.15, 0.2) is 23.3 Å². The number of aliphatic hydroxyl groups is 2. The lowest BCUT2D eigenvalue weighted by Crippen LogP contribution is -2.15.